The van der Waals surface area contributed by atoms with Crippen molar-refractivity contribution in [2.24, 2.45) is 5.41 Å². The lowest BCUT2D eigenvalue weighted by atomic mass is 9.76. The van der Waals surface area contributed by atoms with E-state index in [1.165, 1.54) is 6.26 Å². The number of hydrogen-bond acceptors (Lipinski definition) is 6. The van der Waals surface area contributed by atoms with Crippen molar-refractivity contribution in [2.75, 3.05) is 25.2 Å². The fourth-order valence-corrected chi connectivity index (χ4v) is 4.46. The summed E-state index contributed by atoms with van der Waals surface area (Å²) in [5.41, 5.74) is 2.41. The van der Waals surface area contributed by atoms with Gasteiger partial charge in [0.05, 0.1) is 29.8 Å². The Morgan fingerprint density at radius 2 is 1.94 bits per heavy atom. The van der Waals surface area contributed by atoms with Crippen LogP contribution in [0.2, 0.25) is 0 Å². The average Bonchev–Trinajstić information content (AvgIpc) is 2.67. The summed E-state index contributed by atoms with van der Waals surface area (Å²) in [5, 5.41) is 3.23. The minimum Gasteiger partial charge on any atom is -0.494 e. The van der Waals surface area contributed by atoms with Gasteiger partial charge in [0.2, 0.25) is 0 Å². The molecule has 1 aromatic carbocycles. The third-order valence-electron chi connectivity index (χ3n) is 5.70. The predicted molar refractivity (Wildman–Crippen MR) is 123 cm³/mol. The van der Waals surface area contributed by atoms with Gasteiger partial charge in [-0.3, -0.25) is 9.36 Å². The molecule has 0 spiro atoms. The second kappa shape index (κ2) is 9.12. The smallest absolute Gasteiger partial charge is 0.261 e. The number of hydrogen-bond donors (Lipinski definition) is 1. The van der Waals surface area contributed by atoms with Crippen LogP contribution in [0.4, 0.5) is 0 Å². The Kier molecular flexibility index (Phi) is 6.91. The molecule has 0 fully saturated rings. The second-order valence-electron chi connectivity index (χ2n) is 9.11. The molecule has 2 aromatic rings. The van der Waals surface area contributed by atoms with Crippen LogP contribution < -0.4 is 15.6 Å². The lowest BCUT2D eigenvalue weighted by Crippen LogP contribution is -2.37. The maximum absolute atomic E-state index is 13.6. The summed E-state index contributed by atoms with van der Waals surface area (Å²) in [7, 11) is -3.08. The fraction of sp³-hybridized carbons (Fsp3) is 0.565. The number of ether oxygens (including phenoxy) is 1. The number of aromatic nitrogens is 2. The minimum absolute atomic E-state index is 0.0304. The van der Waals surface area contributed by atoms with E-state index < -0.39 is 9.84 Å². The van der Waals surface area contributed by atoms with Crippen molar-refractivity contribution in [3.05, 3.63) is 51.7 Å². The standard InChI is InChI=1S/C23H33N3O4S/c1-6-30-18-9-7-17(8-10-18)26-21(16(2)24-13-14-31(5,28)29)25-20-15-23(3,4)12-11-19(20)22(26)27/h7-10,16,24H,6,11-15H2,1-5H3. The summed E-state index contributed by atoms with van der Waals surface area (Å²) < 4.78 is 30.2. The fourth-order valence-electron chi connectivity index (χ4n) is 3.97. The van der Waals surface area contributed by atoms with Crippen molar-refractivity contribution < 1.29 is 13.2 Å². The van der Waals surface area contributed by atoms with E-state index in [1.807, 2.05) is 38.1 Å². The summed E-state index contributed by atoms with van der Waals surface area (Å²) in [6, 6.07) is 7.12. The minimum atomic E-state index is -3.08. The molecule has 1 heterocycles. The average molecular weight is 448 g/mol. The molecule has 0 bridgehead atoms. The molecule has 0 amide bonds. The molecule has 170 valence electrons. The number of fused-ring (bicyclic) bond motifs is 1. The zero-order valence-corrected chi connectivity index (χ0v) is 19.9. The Morgan fingerprint density at radius 3 is 2.55 bits per heavy atom. The molecule has 3 rings (SSSR count). The van der Waals surface area contributed by atoms with Gasteiger partial charge < -0.3 is 10.1 Å². The molecule has 1 atom stereocenters. The van der Waals surface area contributed by atoms with Crippen LogP contribution in [-0.2, 0) is 22.7 Å². The van der Waals surface area contributed by atoms with Crippen molar-refractivity contribution in [3.63, 3.8) is 0 Å². The van der Waals surface area contributed by atoms with Crippen LogP contribution >= 0.6 is 0 Å². The van der Waals surface area contributed by atoms with Gasteiger partial charge >= 0.3 is 0 Å². The van der Waals surface area contributed by atoms with E-state index in [-0.39, 0.29) is 22.8 Å². The highest BCUT2D eigenvalue weighted by Crippen LogP contribution is 2.33. The lowest BCUT2D eigenvalue weighted by molar-refractivity contribution is 0.307. The first-order valence-corrected chi connectivity index (χ1v) is 12.9. The summed E-state index contributed by atoms with van der Waals surface area (Å²) in [6.07, 6.45) is 3.63. The van der Waals surface area contributed by atoms with Crippen LogP contribution in [-0.4, -0.2) is 43.1 Å². The zero-order chi connectivity index (χ0) is 22.8. The van der Waals surface area contributed by atoms with Gasteiger partial charge in [0.1, 0.15) is 21.4 Å². The SMILES string of the molecule is CCOc1ccc(-n2c(C(C)NCCS(C)(=O)=O)nc3c(c2=O)CCC(C)(C)C3)cc1. The Balaban J connectivity index is 2.05. The number of nitrogens with one attached hydrogen (secondary N) is 1. The van der Waals surface area contributed by atoms with Gasteiger partial charge in [-0.05, 0) is 62.8 Å². The van der Waals surface area contributed by atoms with Crippen molar-refractivity contribution in [1.29, 1.82) is 0 Å². The number of sulfone groups is 1. The molecular weight excluding hydrogens is 414 g/mol. The molecule has 0 aliphatic heterocycles. The van der Waals surface area contributed by atoms with Crippen molar-refractivity contribution in [1.82, 2.24) is 14.9 Å². The number of rotatable bonds is 8. The van der Waals surface area contributed by atoms with Gasteiger partial charge in [-0.2, -0.15) is 0 Å². The molecule has 31 heavy (non-hydrogen) atoms. The molecule has 1 aliphatic rings. The van der Waals surface area contributed by atoms with E-state index in [0.29, 0.717) is 25.4 Å². The quantitative estimate of drug-likeness (QED) is 0.669. The van der Waals surface area contributed by atoms with Crippen LogP contribution in [0.3, 0.4) is 0 Å². The summed E-state index contributed by atoms with van der Waals surface area (Å²) >= 11 is 0. The zero-order valence-electron chi connectivity index (χ0n) is 19.1. The largest absolute Gasteiger partial charge is 0.494 e. The highest BCUT2D eigenvalue weighted by molar-refractivity contribution is 7.90. The number of benzene rings is 1. The van der Waals surface area contributed by atoms with Crippen molar-refractivity contribution in [3.8, 4) is 11.4 Å². The molecule has 1 N–H and O–H groups in total. The maximum Gasteiger partial charge on any atom is 0.261 e. The molecule has 8 heteroatoms. The third-order valence-corrected chi connectivity index (χ3v) is 6.65. The Morgan fingerprint density at radius 1 is 1.26 bits per heavy atom. The van der Waals surface area contributed by atoms with Crippen LogP contribution in [0, 0.1) is 5.41 Å². The Labute approximate surface area is 184 Å². The van der Waals surface area contributed by atoms with Gasteiger partial charge in [-0.25, -0.2) is 13.4 Å². The first-order chi connectivity index (χ1) is 14.5. The summed E-state index contributed by atoms with van der Waals surface area (Å²) in [5.74, 6) is 1.37. The monoisotopic (exact) mass is 447 g/mol. The molecule has 0 saturated carbocycles. The Hall–Kier alpha value is -2.19. The molecule has 1 unspecified atom stereocenters. The Bertz CT molecular complexity index is 1090. The van der Waals surface area contributed by atoms with E-state index >= 15 is 0 Å². The number of nitrogens with zero attached hydrogens (tertiary/aromatic N) is 2. The molecule has 7 nitrogen and oxygen atoms in total. The van der Waals surface area contributed by atoms with Gasteiger partial charge in [0.25, 0.3) is 5.56 Å². The third kappa shape index (κ3) is 5.74. The van der Waals surface area contributed by atoms with E-state index in [4.69, 9.17) is 9.72 Å². The highest BCUT2D eigenvalue weighted by atomic mass is 32.2. The lowest BCUT2D eigenvalue weighted by Gasteiger charge is -2.31. The van der Waals surface area contributed by atoms with Crippen molar-refractivity contribution in [2.45, 2.75) is 53.0 Å². The van der Waals surface area contributed by atoms with Crippen LogP contribution in [0.25, 0.3) is 5.69 Å². The summed E-state index contributed by atoms with van der Waals surface area (Å²) in [6.45, 7) is 9.10. The molecular formula is C23H33N3O4S. The summed E-state index contributed by atoms with van der Waals surface area (Å²) in [4.78, 5) is 18.5. The van der Waals surface area contributed by atoms with Crippen LogP contribution in [0.1, 0.15) is 57.2 Å². The predicted octanol–water partition coefficient (Wildman–Crippen LogP) is 2.84. The first-order valence-electron chi connectivity index (χ1n) is 10.8. The van der Waals surface area contributed by atoms with E-state index in [1.54, 1.807) is 4.57 Å². The molecule has 0 radical (unpaired) electrons. The molecule has 1 aliphatic carbocycles. The maximum atomic E-state index is 13.6. The normalized spacial score (nSPS) is 16.5. The highest BCUT2D eigenvalue weighted by Gasteiger charge is 2.30. The first kappa shape index (κ1) is 23.5. The molecule has 0 saturated heterocycles. The second-order valence-corrected chi connectivity index (χ2v) is 11.4. The van der Waals surface area contributed by atoms with Crippen LogP contribution in [0.15, 0.2) is 29.1 Å². The van der Waals surface area contributed by atoms with Gasteiger partial charge in [0.15, 0.2) is 0 Å². The van der Waals surface area contributed by atoms with Gasteiger partial charge in [0, 0.05) is 18.4 Å². The molecule has 1 aromatic heterocycles. The van der Waals surface area contributed by atoms with E-state index in [9.17, 15) is 13.2 Å². The topological polar surface area (TPSA) is 90.3 Å². The van der Waals surface area contributed by atoms with E-state index in [2.05, 4.69) is 19.2 Å². The van der Waals surface area contributed by atoms with Crippen LogP contribution in [0.5, 0.6) is 5.75 Å². The van der Waals surface area contributed by atoms with Gasteiger partial charge in [-0.15, -0.1) is 0 Å². The van der Waals surface area contributed by atoms with Gasteiger partial charge in [-0.1, -0.05) is 13.8 Å². The van der Waals surface area contributed by atoms with Crippen molar-refractivity contribution >= 4 is 9.84 Å². The van der Waals surface area contributed by atoms with E-state index in [0.717, 1.165) is 35.5 Å².